The molecule has 132 heavy (non-hydrogen) atoms. The summed E-state index contributed by atoms with van der Waals surface area (Å²) in [5, 5.41) is 41.7. The summed E-state index contributed by atoms with van der Waals surface area (Å²) in [7, 11) is 0. The first-order valence-corrected chi connectivity index (χ1v) is 39.4. The molecule has 0 saturated carbocycles. The Bertz CT molecular complexity index is 6650. The van der Waals surface area contributed by atoms with Gasteiger partial charge in [0.15, 0.2) is 16.4 Å². The summed E-state index contributed by atoms with van der Waals surface area (Å²) in [6.45, 7) is 0. The molecule has 4 N–H and O–H groups in total. The van der Waals surface area contributed by atoms with Gasteiger partial charge in [-0.2, -0.15) is 35.6 Å². The molecule has 6 aromatic carbocycles. The molecule has 16 aromatic rings. The van der Waals surface area contributed by atoms with Crippen LogP contribution in [0.5, 0.6) is 69.8 Å². The van der Waals surface area contributed by atoms with Crippen molar-refractivity contribution >= 4 is 75.7 Å². The number of amides is 1. The van der Waals surface area contributed by atoms with Gasteiger partial charge in [-0.3, -0.25) is 13.8 Å². The normalized spacial score (nSPS) is 10.1. The van der Waals surface area contributed by atoms with Gasteiger partial charge in [0.2, 0.25) is 46.4 Å². The number of halogens is 2. The quantitative estimate of drug-likeness (QED) is 0.0222. The number of aromatic nitrogens is 10. The summed E-state index contributed by atoms with van der Waals surface area (Å²) in [5.74, 6) is -5.69. The summed E-state index contributed by atoms with van der Waals surface area (Å²) in [6.07, 6.45) is 7.91. The van der Waals surface area contributed by atoms with E-state index in [2.05, 4.69) is 85.5 Å². The second kappa shape index (κ2) is 54.2. The number of carboxylic acid groups (broad SMARTS) is 3. The van der Waals surface area contributed by atoms with E-state index in [-0.39, 0.29) is 202 Å². The van der Waals surface area contributed by atoms with Crippen LogP contribution in [0, 0.1) is 53.3 Å². The van der Waals surface area contributed by atoms with Crippen LogP contribution in [-0.2, 0) is 116 Å². The van der Waals surface area contributed by atoms with E-state index in [0.29, 0.717) is 40.0 Å². The molecule has 1 unspecified atom stereocenters. The standard InChI is InChI=1S/C23H16N3O3.C19H11N2O4.C18H10N3O4.C17H9F2N2O4.C16H11N2O2S3.5Pt/c27-23(25-17-8-2-1-3-9-17)20-12-7-14-22(26-20)29-19-11-6-10-18(16-19)28-21-13-4-5-15-24-21;22-17(14-7-1-2-10-20-14)12-5-3-6-13(11-12)18(23)15-8-4-9-16(21-15)19(24)25;19-11-12-8-13(24-16-5-1-2-7-20-16)10-14(9-12)25-17-6-3-4-15(21-17)18(22)23;18-10-8-11(19)14(9-13(10)24-15-5-1-2-7-20-15)25-16-6-3-4-12(21-16)17(22)23;19-23(20)16-9-4-8-15(18-16)22-13-6-3-5-12(11-13)21-14-7-1-2-10-17-14;;;;;/h1-15H,(H,25,27);1-10H,(H,24,25);1-9H,(H,22,23);1-8H,(H,22,23);1-10H,(H,19,20);;;;;/q5*-1;;;;;+2/p-1. The van der Waals surface area contributed by atoms with Gasteiger partial charge in [-0.15, -0.1) is 54.2 Å². The van der Waals surface area contributed by atoms with E-state index in [1.165, 1.54) is 127 Å². The zero-order valence-corrected chi connectivity index (χ0v) is 80.4. The Morgan fingerprint density at radius 3 is 1.27 bits per heavy atom. The van der Waals surface area contributed by atoms with Gasteiger partial charge in [0.05, 0.1) is 51.3 Å². The monoisotopic (exact) mass is 2720 g/mol. The molecule has 0 aliphatic rings. The van der Waals surface area contributed by atoms with E-state index < -0.39 is 63.8 Å². The fourth-order valence-electron chi connectivity index (χ4n) is 10.1. The van der Waals surface area contributed by atoms with Crippen LogP contribution >= 0.6 is 23.5 Å². The van der Waals surface area contributed by atoms with Gasteiger partial charge in [-0.25, -0.2) is 63.4 Å². The van der Waals surface area contributed by atoms with Crippen molar-refractivity contribution in [2.75, 3.05) is 0 Å². The van der Waals surface area contributed by atoms with Crippen molar-refractivity contribution in [2.45, 2.75) is 24.9 Å². The predicted octanol–water partition coefficient (Wildman–Crippen LogP) is 19.6. The van der Waals surface area contributed by atoms with Crippen LogP contribution < -0.4 is 28.4 Å². The molecule has 0 spiro atoms. The summed E-state index contributed by atoms with van der Waals surface area (Å²) >= 11 is 0.854. The van der Waals surface area contributed by atoms with Crippen molar-refractivity contribution < 1.29 is 195 Å². The van der Waals surface area contributed by atoms with Crippen LogP contribution in [0.1, 0.15) is 79.6 Å². The second-order valence-electron chi connectivity index (χ2n) is 24.7. The minimum Gasteiger partial charge on any atom is -0.621 e. The minimum atomic E-state index is -2.08. The van der Waals surface area contributed by atoms with E-state index in [9.17, 15) is 41.8 Å². The van der Waals surface area contributed by atoms with E-state index in [1.807, 2.05) is 66.7 Å². The maximum absolute atomic E-state index is 13.9. The molecular formula is C93H56F2N12O17Pt5S3-4. The summed E-state index contributed by atoms with van der Waals surface area (Å²) < 4.78 is 80.7. The van der Waals surface area contributed by atoms with Crippen molar-refractivity contribution in [2.24, 2.45) is 0 Å². The number of ketones is 2. The van der Waals surface area contributed by atoms with Gasteiger partial charge in [-0.1, -0.05) is 160 Å². The van der Waals surface area contributed by atoms with Crippen LogP contribution in [0.3, 0.4) is 0 Å². The van der Waals surface area contributed by atoms with Crippen molar-refractivity contribution in [1.82, 2.24) is 49.8 Å². The number of hydrogen-bond donors (Lipinski definition) is 4. The maximum Gasteiger partial charge on any atom is 2.00 e. The molecule has 1 atom stereocenters. The van der Waals surface area contributed by atoms with E-state index in [4.69, 9.17) is 53.6 Å². The van der Waals surface area contributed by atoms with E-state index in [1.54, 1.807) is 146 Å². The first kappa shape index (κ1) is 105. The number of ether oxygens (including phenoxy) is 6. The average molecular weight is 2720 g/mol. The molecule has 0 saturated heterocycles. The van der Waals surface area contributed by atoms with Crippen molar-refractivity contribution in [3.63, 3.8) is 0 Å². The Balaban J connectivity index is 0.000000224. The molecule has 16 rings (SSSR count). The SMILES string of the molecule is N#Cc1cc(Oc2ccccn2)[c-]c(Oc2cccc(C(=O)O)n2)c1.O=C(O)c1cccc(C(=O)c2[c-]c(C(=O)c3ccccn3)ccc2)n1.O=C(O)c1cccc(Oc2[c-]c(Oc3ccccn3)c(F)cc2F)n1.O=C([N-]c1ccccc1)c1cccc(Oc2[c-]c(Oc3ccccn3)ccc2)n1.O=S(O)c1cccc(Sc2[c-]c(Sc3ccccn3)ccc2)n1.[Pt+2].[Pt].[Pt].[Pt].[Pt]. The maximum atomic E-state index is 13.9. The van der Waals surface area contributed by atoms with Gasteiger partial charge in [0.25, 0.3) is 0 Å². The molecule has 676 valence electrons. The number of carbonyl (C=O) groups is 6. The molecule has 0 fully saturated rings. The molecule has 0 radical (unpaired) electrons. The van der Waals surface area contributed by atoms with Crippen LogP contribution in [0.2, 0.25) is 0 Å². The van der Waals surface area contributed by atoms with E-state index in [0.717, 1.165) is 14.8 Å². The molecule has 0 aliphatic carbocycles. The number of carboxylic acids is 3. The fourth-order valence-corrected chi connectivity index (χ4v) is 12.2. The number of hydrogen-bond acceptors (Lipinski definition) is 26. The van der Waals surface area contributed by atoms with Crippen LogP contribution in [0.4, 0.5) is 14.5 Å². The van der Waals surface area contributed by atoms with Gasteiger partial charge in [0, 0.05) is 175 Å². The van der Waals surface area contributed by atoms with Gasteiger partial charge < -0.3 is 68.0 Å². The minimum absolute atomic E-state index is 0. The zero-order chi connectivity index (χ0) is 89.2. The van der Waals surface area contributed by atoms with Crippen molar-refractivity contribution in [1.29, 1.82) is 5.26 Å². The zero-order valence-electron chi connectivity index (χ0n) is 66.5. The van der Waals surface area contributed by atoms with Gasteiger partial charge in [-0.05, 0) is 90.5 Å². The number of pyridine rings is 10. The largest absolute Gasteiger partial charge is 2.00 e. The Hall–Kier alpha value is -13.6. The fraction of sp³-hybridized carbons (Fsp3) is 0. The molecule has 39 heteroatoms. The Labute approximate surface area is 833 Å². The molecule has 0 aliphatic heterocycles. The number of benzene rings is 6. The Morgan fingerprint density at radius 1 is 0.364 bits per heavy atom. The topological polar surface area (TPSA) is 423 Å². The van der Waals surface area contributed by atoms with Gasteiger partial charge in [0.1, 0.15) is 28.2 Å². The molecule has 10 aromatic heterocycles. The summed E-state index contributed by atoms with van der Waals surface area (Å²) in [4.78, 5) is 112. The number of para-hydroxylation sites is 1. The number of aromatic carboxylic acids is 3. The average Bonchev–Trinajstić information content (AvgIpc) is 0.832. The molecule has 10 heterocycles. The van der Waals surface area contributed by atoms with Crippen molar-refractivity contribution in [3.05, 3.63) is 414 Å². The molecule has 29 nitrogen and oxygen atoms in total. The Morgan fingerprint density at radius 2 is 0.750 bits per heavy atom. The third-order valence-electron chi connectivity index (χ3n) is 15.7. The molecular weight excluding hydrogens is 2670 g/mol. The van der Waals surface area contributed by atoms with Crippen molar-refractivity contribution in [3.8, 4) is 75.8 Å². The summed E-state index contributed by atoms with van der Waals surface area (Å²) in [5.41, 5.74) is 0.902. The number of nitrogens with zero attached hydrogens (tertiary/aromatic N) is 12. The number of rotatable bonds is 26. The molecule has 1 amide bonds. The molecule has 0 bridgehead atoms. The number of nitriles is 1. The third kappa shape index (κ3) is 33.1. The predicted molar refractivity (Wildman–Crippen MR) is 453 cm³/mol. The Kier molecular flexibility index (Phi) is 43.3. The first-order valence-electron chi connectivity index (χ1n) is 36.7. The third-order valence-corrected chi connectivity index (χ3v) is 18.1. The number of carbonyl (C=O) groups excluding carboxylic acids is 3. The summed E-state index contributed by atoms with van der Waals surface area (Å²) in [6, 6.07) is 92.8. The van der Waals surface area contributed by atoms with Gasteiger partial charge >= 0.3 is 39.0 Å². The van der Waals surface area contributed by atoms with Crippen LogP contribution in [0.25, 0.3) is 5.32 Å². The van der Waals surface area contributed by atoms with Crippen LogP contribution in [0.15, 0.2) is 341 Å². The second-order valence-corrected chi connectivity index (χ2v) is 27.7. The van der Waals surface area contributed by atoms with Crippen LogP contribution in [-0.4, -0.2) is 109 Å². The smallest absolute Gasteiger partial charge is 0.621 e. The van der Waals surface area contributed by atoms with E-state index >= 15 is 0 Å². The first-order chi connectivity index (χ1) is 61.7.